The standard InChI is InChI=1S/C28H24N5OP/c1-18-2-8-24-23(16-18)25(12-15-30-24)31-20-5-3-19(4-6-20)28(34)33-22-7-9-27(35)26(17-22)32-21-10-13-29-14-11-21/h2-17H,35H2,1H3,(H,29,32)(H,30,31)(H,33,34). The topological polar surface area (TPSA) is 78.9 Å². The van der Waals surface area contributed by atoms with Gasteiger partial charge in [0.25, 0.3) is 5.91 Å². The minimum atomic E-state index is -0.173. The molecule has 2 heterocycles. The summed E-state index contributed by atoms with van der Waals surface area (Å²) in [6.45, 7) is 2.06. The van der Waals surface area contributed by atoms with Crippen molar-refractivity contribution < 1.29 is 4.79 Å². The van der Waals surface area contributed by atoms with E-state index < -0.39 is 0 Å². The van der Waals surface area contributed by atoms with E-state index in [1.54, 1.807) is 18.6 Å². The van der Waals surface area contributed by atoms with Crippen LogP contribution in [0.1, 0.15) is 15.9 Å². The van der Waals surface area contributed by atoms with Crippen molar-refractivity contribution in [2.75, 3.05) is 16.0 Å². The Bertz CT molecular complexity index is 1500. The highest BCUT2D eigenvalue weighted by Gasteiger charge is 2.09. The van der Waals surface area contributed by atoms with Crippen molar-refractivity contribution in [3.05, 3.63) is 109 Å². The smallest absolute Gasteiger partial charge is 0.255 e. The zero-order valence-electron chi connectivity index (χ0n) is 19.1. The molecular formula is C28H24N5OP. The Morgan fingerprint density at radius 3 is 2.26 bits per heavy atom. The van der Waals surface area contributed by atoms with Gasteiger partial charge in [-0.3, -0.25) is 14.8 Å². The van der Waals surface area contributed by atoms with Crippen LogP contribution in [0.15, 0.2) is 97.5 Å². The number of nitrogens with one attached hydrogen (secondary N) is 3. The van der Waals surface area contributed by atoms with Crippen LogP contribution >= 0.6 is 9.24 Å². The largest absolute Gasteiger partial charge is 0.355 e. The predicted molar refractivity (Wildman–Crippen MR) is 147 cm³/mol. The quantitative estimate of drug-likeness (QED) is 0.255. The van der Waals surface area contributed by atoms with Crippen LogP contribution in [0.25, 0.3) is 10.9 Å². The van der Waals surface area contributed by atoms with Crippen molar-refractivity contribution in [1.82, 2.24) is 9.97 Å². The second kappa shape index (κ2) is 9.92. The molecule has 6 nitrogen and oxygen atoms in total. The lowest BCUT2D eigenvalue weighted by molar-refractivity contribution is 0.102. The summed E-state index contributed by atoms with van der Waals surface area (Å²) < 4.78 is 0. The van der Waals surface area contributed by atoms with Crippen LogP contribution in [0.3, 0.4) is 0 Å². The van der Waals surface area contributed by atoms with Crippen LogP contribution in [-0.4, -0.2) is 15.9 Å². The van der Waals surface area contributed by atoms with Gasteiger partial charge >= 0.3 is 0 Å². The Hall–Kier alpha value is -4.28. The Morgan fingerprint density at radius 1 is 0.743 bits per heavy atom. The molecular weight excluding hydrogens is 453 g/mol. The van der Waals surface area contributed by atoms with E-state index in [1.807, 2.05) is 66.7 Å². The van der Waals surface area contributed by atoms with Gasteiger partial charge in [-0.2, -0.15) is 0 Å². The van der Waals surface area contributed by atoms with Crippen LogP contribution in [0.2, 0.25) is 0 Å². The van der Waals surface area contributed by atoms with Crippen molar-refractivity contribution in [3.63, 3.8) is 0 Å². The van der Waals surface area contributed by atoms with Crippen LogP contribution in [0.5, 0.6) is 0 Å². The number of amides is 1. The molecule has 0 bridgehead atoms. The lowest BCUT2D eigenvalue weighted by atomic mass is 10.1. The Balaban J connectivity index is 1.29. The summed E-state index contributed by atoms with van der Waals surface area (Å²) in [7, 11) is 2.70. The molecule has 1 amide bonds. The van der Waals surface area contributed by atoms with E-state index in [1.165, 1.54) is 5.56 Å². The van der Waals surface area contributed by atoms with E-state index >= 15 is 0 Å². The Morgan fingerprint density at radius 2 is 1.46 bits per heavy atom. The first kappa shape index (κ1) is 22.5. The number of benzene rings is 3. The third kappa shape index (κ3) is 5.29. The lowest BCUT2D eigenvalue weighted by Crippen LogP contribution is -2.13. The fraction of sp³-hybridized carbons (Fsp3) is 0.0357. The van der Waals surface area contributed by atoms with E-state index in [2.05, 4.69) is 54.2 Å². The summed E-state index contributed by atoms with van der Waals surface area (Å²) in [5.41, 5.74) is 7.07. The third-order valence-electron chi connectivity index (χ3n) is 5.59. The van der Waals surface area contributed by atoms with Gasteiger partial charge < -0.3 is 16.0 Å². The number of aryl methyl sites for hydroxylation is 1. The molecule has 0 fully saturated rings. The van der Waals surface area contributed by atoms with Gasteiger partial charge in [0.2, 0.25) is 0 Å². The molecule has 3 N–H and O–H groups in total. The molecule has 0 spiro atoms. The maximum absolute atomic E-state index is 12.9. The predicted octanol–water partition coefficient (Wildman–Crippen LogP) is 6.18. The molecule has 0 aliphatic carbocycles. The van der Waals surface area contributed by atoms with Crippen molar-refractivity contribution in [1.29, 1.82) is 0 Å². The molecule has 0 aliphatic rings. The second-order valence-electron chi connectivity index (χ2n) is 8.20. The van der Waals surface area contributed by atoms with Gasteiger partial charge in [-0.15, -0.1) is 9.24 Å². The Labute approximate surface area is 206 Å². The normalized spacial score (nSPS) is 10.7. The average molecular weight is 478 g/mol. The molecule has 2 aromatic heterocycles. The maximum Gasteiger partial charge on any atom is 0.255 e. The summed E-state index contributed by atoms with van der Waals surface area (Å²) in [6, 6.07) is 25.1. The number of fused-ring (bicyclic) bond motifs is 1. The lowest BCUT2D eigenvalue weighted by Gasteiger charge is -2.13. The summed E-state index contributed by atoms with van der Waals surface area (Å²) in [4.78, 5) is 21.3. The fourth-order valence-corrected chi connectivity index (χ4v) is 4.02. The minimum absolute atomic E-state index is 0.173. The number of nitrogens with zero attached hydrogens (tertiary/aromatic N) is 2. The first-order chi connectivity index (χ1) is 17.0. The molecule has 3 aromatic carbocycles. The van der Waals surface area contributed by atoms with Gasteiger partial charge in [0.1, 0.15) is 0 Å². The van der Waals surface area contributed by atoms with E-state index in [0.29, 0.717) is 11.3 Å². The number of pyridine rings is 2. The van der Waals surface area contributed by atoms with E-state index in [4.69, 9.17) is 0 Å². The van der Waals surface area contributed by atoms with Gasteiger partial charge in [-0.1, -0.05) is 17.7 Å². The van der Waals surface area contributed by atoms with Crippen LogP contribution in [-0.2, 0) is 0 Å². The molecule has 1 atom stereocenters. The van der Waals surface area contributed by atoms with Crippen molar-refractivity contribution in [2.24, 2.45) is 0 Å². The van der Waals surface area contributed by atoms with Crippen LogP contribution < -0.4 is 21.3 Å². The molecule has 0 saturated heterocycles. The van der Waals surface area contributed by atoms with Crippen molar-refractivity contribution in [3.8, 4) is 0 Å². The first-order valence-electron chi connectivity index (χ1n) is 11.2. The monoisotopic (exact) mass is 477 g/mol. The second-order valence-corrected chi connectivity index (χ2v) is 8.82. The van der Waals surface area contributed by atoms with E-state index in [0.717, 1.165) is 39.0 Å². The van der Waals surface area contributed by atoms with Gasteiger partial charge in [0.15, 0.2) is 0 Å². The molecule has 5 rings (SSSR count). The van der Waals surface area contributed by atoms with E-state index in [-0.39, 0.29) is 5.91 Å². The van der Waals surface area contributed by atoms with Crippen molar-refractivity contribution in [2.45, 2.75) is 6.92 Å². The molecule has 172 valence electrons. The number of carbonyl (C=O) groups is 1. The van der Waals surface area contributed by atoms with Crippen molar-refractivity contribution >= 4 is 59.8 Å². The molecule has 0 aliphatic heterocycles. The molecule has 0 saturated carbocycles. The SMILES string of the molecule is Cc1ccc2nccc(Nc3ccc(C(=O)Nc4ccc(P)c(Nc5ccncc5)c4)cc3)c2c1. The van der Waals surface area contributed by atoms with Crippen LogP contribution in [0.4, 0.5) is 28.4 Å². The molecule has 1 unspecified atom stereocenters. The molecule has 5 aromatic rings. The number of rotatable bonds is 6. The number of anilines is 5. The zero-order valence-corrected chi connectivity index (χ0v) is 20.3. The Kier molecular flexibility index (Phi) is 6.38. The first-order valence-corrected chi connectivity index (χ1v) is 11.7. The minimum Gasteiger partial charge on any atom is -0.355 e. The fourth-order valence-electron chi connectivity index (χ4n) is 3.77. The van der Waals surface area contributed by atoms with Crippen LogP contribution in [0, 0.1) is 6.92 Å². The summed E-state index contributed by atoms with van der Waals surface area (Å²) >= 11 is 0. The number of aromatic nitrogens is 2. The number of hydrogen-bond acceptors (Lipinski definition) is 5. The third-order valence-corrected chi connectivity index (χ3v) is 6.10. The highest BCUT2D eigenvalue weighted by atomic mass is 31.0. The van der Waals surface area contributed by atoms with Gasteiger partial charge in [-0.25, -0.2) is 0 Å². The van der Waals surface area contributed by atoms with Gasteiger partial charge in [0, 0.05) is 58.0 Å². The highest BCUT2D eigenvalue weighted by molar-refractivity contribution is 7.28. The summed E-state index contributed by atoms with van der Waals surface area (Å²) in [5.74, 6) is -0.173. The van der Waals surface area contributed by atoms with Gasteiger partial charge in [0.05, 0.1) is 5.52 Å². The number of hydrogen-bond donors (Lipinski definition) is 3. The number of carbonyl (C=O) groups excluding carboxylic acids is 1. The molecule has 0 radical (unpaired) electrons. The zero-order chi connectivity index (χ0) is 24.2. The maximum atomic E-state index is 12.9. The summed E-state index contributed by atoms with van der Waals surface area (Å²) in [6.07, 6.45) is 5.25. The van der Waals surface area contributed by atoms with E-state index in [9.17, 15) is 4.79 Å². The highest BCUT2D eigenvalue weighted by Crippen LogP contribution is 2.26. The summed E-state index contributed by atoms with van der Waals surface area (Å²) in [5, 5.41) is 11.8. The molecule has 35 heavy (non-hydrogen) atoms. The van der Waals surface area contributed by atoms with Gasteiger partial charge in [-0.05, 0) is 79.0 Å². The average Bonchev–Trinajstić information content (AvgIpc) is 2.87. The molecule has 7 heteroatoms.